The van der Waals surface area contributed by atoms with Gasteiger partial charge in [0.15, 0.2) is 5.82 Å². The number of aromatic nitrogens is 3. The number of amides is 2. The fraction of sp³-hybridized carbons (Fsp3) is 0.281. The van der Waals surface area contributed by atoms with Gasteiger partial charge in [0.25, 0.3) is 11.8 Å². The molecule has 0 unspecified atom stereocenters. The van der Waals surface area contributed by atoms with E-state index in [1.807, 2.05) is 49.4 Å². The molecule has 2 amide bonds. The summed E-state index contributed by atoms with van der Waals surface area (Å²) >= 11 is 0. The number of carbonyl (C=O) groups excluding carboxylic acids is 2. The molecule has 0 atom stereocenters. The first-order valence-electron chi connectivity index (χ1n) is 13.9. The van der Waals surface area contributed by atoms with Crippen LogP contribution in [0.3, 0.4) is 0 Å². The highest BCUT2D eigenvalue weighted by Crippen LogP contribution is 2.29. The van der Waals surface area contributed by atoms with Gasteiger partial charge in [-0.1, -0.05) is 45.0 Å². The van der Waals surface area contributed by atoms with Gasteiger partial charge in [-0.2, -0.15) is 15.0 Å². The molecule has 0 spiro atoms. The van der Waals surface area contributed by atoms with Crippen LogP contribution in [0.1, 0.15) is 52.6 Å². The summed E-state index contributed by atoms with van der Waals surface area (Å²) in [4.78, 5) is 40.7. The predicted molar refractivity (Wildman–Crippen MR) is 164 cm³/mol. The van der Waals surface area contributed by atoms with Crippen LogP contribution in [-0.4, -0.2) is 58.0 Å². The van der Waals surface area contributed by atoms with Gasteiger partial charge in [0.1, 0.15) is 0 Å². The molecule has 1 aromatic heterocycles. The summed E-state index contributed by atoms with van der Waals surface area (Å²) in [6.45, 7) is 10.6. The first-order chi connectivity index (χ1) is 20.1. The molecule has 4 aromatic rings. The van der Waals surface area contributed by atoms with Crippen LogP contribution in [0.5, 0.6) is 0 Å². The Morgan fingerprint density at radius 1 is 0.881 bits per heavy atom. The number of anilines is 4. The molecule has 4 N–H and O–H groups in total. The summed E-state index contributed by atoms with van der Waals surface area (Å²) in [5.74, 6) is 0.448. The molecule has 3 aromatic carbocycles. The lowest BCUT2D eigenvalue weighted by atomic mass is 9.86. The number of hydrogen-bond acceptors (Lipinski definition) is 8. The zero-order valence-electron chi connectivity index (χ0n) is 24.3. The highest BCUT2D eigenvalue weighted by atomic mass is 16.5. The summed E-state index contributed by atoms with van der Waals surface area (Å²) < 4.78 is 5.33. The second-order valence-electron chi connectivity index (χ2n) is 11.2. The Labute approximate surface area is 245 Å². The third-order valence-corrected chi connectivity index (χ3v) is 7.18. The van der Waals surface area contributed by atoms with E-state index in [9.17, 15) is 9.59 Å². The van der Waals surface area contributed by atoms with Crippen molar-refractivity contribution in [1.29, 1.82) is 0 Å². The molecule has 1 aliphatic rings. The van der Waals surface area contributed by atoms with Crippen LogP contribution < -0.4 is 16.4 Å². The van der Waals surface area contributed by atoms with Gasteiger partial charge in [0.2, 0.25) is 11.9 Å². The molecular formula is C32H35N7O3. The Morgan fingerprint density at radius 2 is 1.55 bits per heavy atom. The monoisotopic (exact) mass is 565 g/mol. The van der Waals surface area contributed by atoms with E-state index in [4.69, 9.17) is 10.5 Å². The summed E-state index contributed by atoms with van der Waals surface area (Å²) in [6.07, 6.45) is 0. The molecule has 1 saturated heterocycles. The molecule has 10 nitrogen and oxygen atoms in total. The SMILES string of the molecule is Cc1c(NC(=O)c2ccc(C(C)(C)C)cc2)cccc1-c1nc(N)nc(Nc2ccc(C(=O)N3CCOCC3)cc2)n1. The third kappa shape index (κ3) is 6.55. The molecule has 1 aliphatic heterocycles. The minimum Gasteiger partial charge on any atom is -0.378 e. The van der Waals surface area contributed by atoms with Crippen LogP contribution in [0.25, 0.3) is 11.4 Å². The highest BCUT2D eigenvalue weighted by molar-refractivity contribution is 6.05. The van der Waals surface area contributed by atoms with Crippen molar-refractivity contribution in [1.82, 2.24) is 19.9 Å². The zero-order chi connectivity index (χ0) is 29.9. The summed E-state index contributed by atoms with van der Waals surface area (Å²) in [5, 5.41) is 6.15. The standard InChI is InChI=1S/C32H35N7O3/c1-20-25(6-5-7-26(20)35-28(40)21-8-12-23(13-9-21)32(2,3)4)27-36-30(33)38-31(37-27)34-24-14-10-22(11-15-24)29(41)39-16-18-42-19-17-39/h5-15H,16-19H2,1-4H3,(H,35,40)(H3,33,34,36,37,38). The van der Waals surface area contributed by atoms with Crippen molar-refractivity contribution in [2.45, 2.75) is 33.1 Å². The van der Waals surface area contributed by atoms with Gasteiger partial charge in [-0.25, -0.2) is 0 Å². The minimum atomic E-state index is -0.205. The van der Waals surface area contributed by atoms with Gasteiger partial charge in [-0.05, 0) is 65.9 Å². The largest absolute Gasteiger partial charge is 0.378 e. The van der Waals surface area contributed by atoms with E-state index in [1.165, 1.54) is 0 Å². The van der Waals surface area contributed by atoms with Crippen LogP contribution in [0.2, 0.25) is 0 Å². The van der Waals surface area contributed by atoms with Crippen molar-refractivity contribution < 1.29 is 14.3 Å². The molecule has 216 valence electrons. The van der Waals surface area contributed by atoms with Crippen molar-refractivity contribution in [3.05, 3.63) is 89.0 Å². The first-order valence-corrected chi connectivity index (χ1v) is 13.9. The highest BCUT2D eigenvalue weighted by Gasteiger charge is 2.19. The fourth-order valence-corrected chi connectivity index (χ4v) is 4.67. The van der Waals surface area contributed by atoms with Gasteiger partial charge < -0.3 is 26.0 Å². The van der Waals surface area contributed by atoms with Crippen LogP contribution in [0, 0.1) is 6.92 Å². The maximum atomic E-state index is 13.0. The lowest BCUT2D eigenvalue weighted by Crippen LogP contribution is -2.40. The fourth-order valence-electron chi connectivity index (χ4n) is 4.67. The van der Waals surface area contributed by atoms with Gasteiger partial charge in [0.05, 0.1) is 13.2 Å². The Kier molecular flexibility index (Phi) is 8.17. The molecule has 10 heteroatoms. The Morgan fingerprint density at radius 3 is 2.21 bits per heavy atom. The number of nitrogen functional groups attached to an aromatic ring is 1. The molecule has 0 saturated carbocycles. The maximum Gasteiger partial charge on any atom is 0.255 e. The summed E-state index contributed by atoms with van der Waals surface area (Å²) in [7, 11) is 0. The molecule has 0 aliphatic carbocycles. The zero-order valence-corrected chi connectivity index (χ0v) is 24.3. The number of nitrogens with two attached hydrogens (primary N) is 1. The van der Waals surface area contributed by atoms with Crippen LogP contribution >= 0.6 is 0 Å². The summed E-state index contributed by atoms with van der Waals surface area (Å²) in [5.41, 5.74) is 11.2. The van der Waals surface area contributed by atoms with E-state index >= 15 is 0 Å². The second-order valence-corrected chi connectivity index (χ2v) is 11.2. The number of rotatable bonds is 6. The number of hydrogen-bond donors (Lipinski definition) is 3. The van der Waals surface area contributed by atoms with Crippen molar-refractivity contribution >= 4 is 35.1 Å². The average molecular weight is 566 g/mol. The van der Waals surface area contributed by atoms with E-state index in [-0.39, 0.29) is 29.1 Å². The van der Waals surface area contributed by atoms with Crippen molar-refractivity contribution in [3.63, 3.8) is 0 Å². The second kappa shape index (κ2) is 12.0. The Hall–Kier alpha value is -4.83. The molecule has 0 bridgehead atoms. The molecule has 2 heterocycles. The van der Waals surface area contributed by atoms with Gasteiger partial charge in [-0.3, -0.25) is 9.59 Å². The van der Waals surface area contributed by atoms with Crippen LogP contribution in [0.15, 0.2) is 66.7 Å². The van der Waals surface area contributed by atoms with Crippen molar-refractivity contribution in [2.75, 3.05) is 42.7 Å². The van der Waals surface area contributed by atoms with Gasteiger partial charge >= 0.3 is 0 Å². The number of carbonyl (C=O) groups is 2. The van der Waals surface area contributed by atoms with Crippen molar-refractivity contribution in [2.24, 2.45) is 0 Å². The third-order valence-electron chi connectivity index (χ3n) is 7.18. The molecule has 5 rings (SSSR count). The Balaban J connectivity index is 1.32. The van der Waals surface area contributed by atoms with E-state index < -0.39 is 0 Å². The quantitative estimate of drug-likeness (QED) is 0.291. The first kappa shape index (κ1) is 28.7. The van der Waals surface area contributed by atoms with E-state index in [0.717, 1.165) is 11.1 Å². The van der Waals surface area contributed by atoms with Crippen molar-refractivity contribution in [3.8, 4) is 11.4 Å². The predicted octanol–water partition coefficient (Wildman–Crippen LogP) is 5.20. The molecular weight excluding hydrogens is 530 g/mol. The van der Waals surface area contributed by atoms with E-state index in [2.05, 4.69) is 46.4 Å². The summed E-state index contributed by atoms with van der Waals surface area (Å²) in [6, 6.07) is 20.3. The molecule has 42 heavy (non-hydrogen) atoms. The minimum absolute atomic E-state index is 0.00551. The number of ether oxygens (including phenoxy) is 1. The topological polar surface area (TPSA) is 135 Å². The molecule has 0 radical (unpaired) electrons. The number of benzene rings is 3. The Bertz CT molecular complexity index is 1590. The van der Waals surface area contributed by atoms with Gasteiger partial charge in [-0.15, -0.1) is 0 Å². The maximum absolute atomic E-state index is 13.0. The van der Waals surface area contributed by atoms with Crippen LogP contribution in [0.4, 0.5) is 23.3 Å². The lowest BCUT2D eigenvalue weighted by molar-refractivity contribution is 0.0303. The average Bonchev–Trinajstić information content (AvgIpc) is 2.98. The van der Waals surface area contributed by atoms with E-state index in [1.54, 1.807) is 29.2 Å². The van der Waals surface area contributed by atoms with Crippen LogP contribution in [-0.2, 0) is 10.2 Å². The van der Waals surface area contributed by atoms with Gasteiger partial charge in [0, 0.05) is 41.2 Å². The van der Waals surface area contributed by atoms with E-state index in [0.29, 0.717) is 60.2 Å². The lowest BCUT2D eigenvalue weighted by Gasteiger charge is -2.26. The smallest absolute Gasteiger partial charge is 0.255 e. The molecule has 1 fully saturated rings. The number of morpholine rings is 1. The number of nitrogens with one attached hydrogen (secondary N) is 2. The number of nitrogens with zero attached hydrogens (tertiary/aromatic N) is 4. The normalized spacial score (nSPS) is 13.5.